The van der Waals surface area contributed by atoms with E-state index < -0.39 is 0 Å². The average molecular weight is 315 g/mol. The highest BCUT2D eigenvalue weighted by molar-refractivity contribution is 5.91. The normalized spacial score (nSPS) is 11.3. The van der Waals surface area contributed by atoms with Gasteiger partial charge in [-0.15, -0.1) is 0 Å². The molecule has 0 atom stereocenters. The molecule has 0 spiro atoms. The number of furan rings is 1. The van der Waals surface area contributed by atoms with Crippen molar-refractivity contribution in [2.75, 3.05) is 0 Å². The Labute approximate surface area is 139 Å². The van der Waals surface area contributed by atoms with Crippen LogP contribution in [0.15, 0.2) is 81.8 Å². The molecule has 0 unspecified atom stereocenters. The molecule has 0 radical (unpaired) electrons. The Bertz CT molecular complexity index is 1000. The topological polar surface area (TPSA) is 44.7 Å². The lowest BCUT2D eigenvalue weighted by Gasteiger charge is -1.99. The third-order valence-corrected chi connectivity index (χ3v) is 3.81. The first-order chi connectivity index (χ1) is 11.8. The van der Waals surface area contributed by atoms with Gasteiger partial charge in [0.1, 0.15) is 11.5 Å². The molecule has 2 aromatic heterocycles. The largest absolute Gasteiger partial charge is 0.508 e. The molecule has 0 saturated carbocycles. The van der Waals surface area contributed by atoms with Gasteiger partial charge in [0.15, 0.2) is 0 Å². The number of rotatable bonds is 3. The monoisotopic (exact) mass is 315 g/mol. The smallest absolute Gasteiger partial charge is 0.365 e. The van der Waals surface area contributed by atoms with Crippen molar-refractivity contribution >= 4 is 23.1 Å². The highest BCUT2D eigenvalue weighted by Gasteiger charge is 2.18. The molecule has 2 aromatic carbocycles. The fourth-order valence-corrected chi connectivity index (χ4v) is 2.64. The van der Waals surface area contributed by atoms with Crippen molar-refractivity contribution in [3.63, 3.8) is 0 Å². The number of fused-ring (bicyclic) bond motifs is 1. The van der Waals surface area contributed by atoms with Crippen molar-refractivity contribution in [1.82, 2.24) is 0 Å². The second-order valence-corrected chi connectivity index (χ2v) is 5.46. The standard InChI is InChI=1S/C21H14O3/c22-17-9-11-19-16(8-10-18-7-4-12-23-18)13-20(24-21(19)14-17)15-5-2-1-3-6-15/h1-14H/p+1. The second-order valence-electron chi connectivity index (χ2n) is 5.46. The van der Waals surface area contributed by atoms with Gasteiger partial charge in [-0.1, -0.05) is 18.2 Å². The minimum absolute atomic E-state index is 0.178. The van der Waals surface area contributed by atoms with Crippen molar-refractivity contribution in [2.24, 2.45) is 0 Å². The van der Waals surface area contributed by atoms with Gasteiger partial charge in [0.25, 0.3) is 0 Å². The molecule has 2 heterocycles. The molecular weight excluding hydrogens is 300 g/mol. The molecule has 1 N–H and O–H groups in total. The van der Waals surface area contributed by atoms with Gasteiger partial charge >= 0.3 is 11.3 Å². The van der Waals surface area contributed by atoms with Gasteiger partial charge in [0, 0.05) is 5.56 Å². The van der Waals surface area contributed by atoms with E-state index in [1.54, 1.807) is 18.4 Å². The number of benzene rings is 2. The molecule has 0 aliphatic rings. The maximum Gasteiger partial charge on any atom is 0.365 e. The van der Waals surface area contributed by atoms with Crippen molar-refractivity contribution in [1.29, 1.82) is 0 Å². The molecule has 0 amide bonds. The van der Waals surface area contributed by atoms with Crippen molar-refractivity contribution in [2.45, 2.75) is 0 Å². The lowest BCUT2D eigenvalue weighted by atomic mass is 10.1. The predicted molar refractivity (Wildman–Crippen MR) is 95.4 cm³/mol. The Morgan fingerprint density at radius 2 is 1.75 bits per heavy atom. The van der Waals surface area contributed by atoms with Gasteiger partial charge in [-0.2, -0.15) is 0 Å². The van der Waals surface area contributed by atoms with Crippen molar-refractivity contribution in [3.8, 4) is 17.1 Å². The highest BCUT2D eigenvalue weighted by Crippen LogP contribution is 2.31. The Kier molecular flexibility index (Phi) is 3.60. The maximum atomic E-state index is 9.77. The van der Waals surface area contributed by atoms with Gasteiger partial charge in [0.05, 0.1) is 29.3 Å². The number of hydrogen-bond acceptors (Lipinski definition) is 2. The van der Waals surface area contributed by atoms with Crippen LogP contribution in [-0.2, 0) is 0 Å². The molecule has 4 aromatic rings. The van der Waals surface area contributed by atoms with Crippen LogP contribution < -0.4 is 0 Å². The second kappa shape index (κ2) is 6.05. The summed E-state index contributed by atoms with van der Waals surface area (Å²) in [5, 5.41) is 10.7. The molecule has 24 heavy (non-hydrogen) atoms. The predicted octanol–water partition coefficient (Wildman–Crippen LogP) is 5.85. The molecular formula is C21H15O3+. The zero-order chi connectivity index (χ0) is 16.4. The first kappa shape index (κ1) is 14.3. The Morgan fingerprint density at radius 1 is 0.875 bits per heavy atom. The lowest BCUT2D eigenvalue weighted by molar-refractivity contribution is 0.474. The molecule has 0 bridgehead atoms. The first-order valence-corrected chi connectivity index (χ1v) is 7.66. The van der Waals surface area contributed by atoms with E-state index in [1.165, 1.54) is 0 Å². The Morgan fingerprint density at radius 3 is 2.54 bits per heavy atom. The summed E-state index contributed by atoms with van der Waals surface area (Å²) in [6, 6.07) is 20.8. The third-order valence-electron chi connectivity index (χ3n) is 3.81. The van der Waals surface area contributed by atoms with Crippen LogP contribution in [0.4, 0.5) is 0 Å². The van der Waals surface area contributed by atoms with Crippen molar-refractivity contribution in [3.05, 3.63) is 84.3 Å². The van der Waals surface area contributed by atoms with Crippen LogP contribution in [0.1, 0.15) is 11.3 Å². The third kappa shape index (κ3) is 2.79. The van der Waals surface area contributed by atoms with Gasteiger partial charge in [-0.05, 0) is 48.6 Å². The highest BCUT2D eigenvalue weighted by atomic mass is 16.3. The van der Waals surface area contributed by atoms with Crippen molar-refractivity contribution < 1.29 is 13.9 Å². The van der Waals surface area contributed by atoms with Crippen LogP contribution in [0.3, 0.4) is 0 Å². The van der Waals surface area contributed by atoms with E-state index in [4.69, 9.17) is 8.83 Å². The van der Waals surface area contributed by atoms with Crippen LogP contribution in [0.5, 0.6) is 5.75 Å². The minimum atomic E-state index is 0.178. The fourth-order valence-electron chi connectivity index (χ4n) is 2.64. The van der Waals surface area contributed by atoms with Crippen LogP contribution >= 0.6 is 0 Å². The van der Waals surface area contributed by atoms with E-state index in [1.807, 2.05) is 66.7 Å². The Balaban J connectivity index is 1.90. The SMILES string of the molecule is Oc1ccc2c(/C=C/c3ccco3)cc(-c3ccccc3)[o+]c2c1. The summed E-state index contributed by atoms with van der Waals surface area (Å²) < 4.78 is 11.3. The summed E-state index contributed by atoms with van der Waals surface area (Å²) >= 11 is 0. The summed E-state index contributed by atoms with van der Waals surface area (Å²) in [6.45, 7) is 0. The molecule has 0 aliphatic carbocycles. The average Bonchev–Trinajstić information content (AvgIpc) is 3.13. The van der Waals surface area contributed by atoms with E-state index >= 15 is 0 Å². The molecule has 116 valence electrons. The van der Waals surface area contributed by atoms with Gasteiger partial charge in [-0.25, -0.2) is 4.42 Å². The number of aromatic hydroxyl groups is 1. The summed E-state index contributed by atoms with van der Waals surface area (Å²) in [4.78, 5) is 0. The number of phenolic OH excluding ortho intramolecular Hbond substituents is 1. The first-order valence-electron chi connectivity index (χ1n) is 7.66. The molecule has 0 aliphatic heterocycles. The van der Waals surface area contributed by atoms with Crippen LogP contribution in [-0.4, -0.2) is 5.11 Å². The number of hydrogen-bond donors (Lipinski definition) is 1. The van der Waals surface area contributed by atoms with E-state index in [-0.39, 0.29) is 5.75 Å². The molecule has 3 nitrogen and oxygen atoms in total. The molecule has 4 rings (SSSR count). The fraction of sp³-hybridized carbons (Fsp3) is 0. The quantitative estimate of drug-likeness (QED) is 0.482. The minimum Gasteiger partial charge on any atom is -0.508 e. The summed E-state index contributed by atoms with van der Waals surface area (Å²) in [7, 11) is 0. The van der Waals surface area contributed by atoms with Gasteiger partial charge < -0.3 is 9.52 Å². The summed E-state index contributed by atoms with van der Waals surface area (Å²) in [5.74, 6) is 1.70. The lowest BCUT2D eigenvalue weighted by Crippen LogP contribution is -1.84. The van der Waals surface area contributed by atoms with Gasteiger partial charge in [0.2, 0.25) is 0 Å². The van der Waals surface area contributed by atoms with E-state index in [9.17, 15) is 5.11 Å². The zero-order valence-corrected chi connectivity index (χ0v) is 12.8. The summed E-state index contributed by atoms with van der Waals surface area (Å²) in [5.41, 5.74) is 2.61. The van der Waals surface area contributed by atoms with E-state index in [2.05, 4.69) is 0 Å². The van der Waals surface area contributed by atoms with Crippen LogP contribution in [0.25, 0.3) is 34.4 Å². The Hall–Kier alpha value is -3.33. The molecule has 3 heteroatoms. The molecule has 0 fully saturated rings. The van der Waals surface area contributed by atoms with Gasteiger partial charge in [-0.3, -0.25) is 0 Å². The van der Waals surface area contributed by atoms with E-state index in [0.717, 1.165) is 28.0 Å². The van der Waals surface area contributed by atoms with E-state index in [0.29, 0.717) is 5.58 Å². The molecule has 0 saturated heterocycles. The zero-order valence-electron chi connectivity index (χ0n) is 12.8. The number of phenols is 1. The van der Waals surface area contributed by atoms with Crippen LogP contribution in [0, 0.1) is 0 Å². The van der Waals surface area contributed by atoms with Crippen LogP contribution in [0.2, 0.25) is 0 Å². The summed E-state index contributed by atoms with van der Waals surface area (Å²) in [6.07, 6.45) is 5.54. The maximum absolute atomic E-state index is 9.77.